The van der Waals surface area contributed by atoms with E-state index in [1.54, 1.807) is 7.11 Å². The SMILES string of the molecule is COc1ccc(N2CCN(c3nc4c(c(Nc5ccccc5)n3)C(=O)CCC4)CC2)cc1. The first-order chi connectivity index (χ1) is 15.7. The van der Waals surface area contributed by atoms with Crippen LogP contribution in [0.5, 0.6) is 5.75 Å². The molecule has 7 heteroatoms. The van der Waals surface area contributed by atoms with E-state index in [1.165, 1.54) is 5.69 Å². The van der Waals surface area contributed by atoms with Gasteiger partial charge in [0.05, 0.1) is 18.4 Å². The summed E-state index contributed by atoms with van der Waals surface area (Å²) in [7, 11) is 1.68. The van der Waals surface area contributed by atoms with Gasteiger partial charge in [-0.05, 0) is 49.2 Å². The molecule has 3 aromatic rings. The second kappa shape index (κ2) is 8.86. The lowest BCUT2D eigenvalue weighted by Gasteiger charge is -2.36. The Morgan fingerprint density at radius 3 is 2.31 bits per heavy atom. The van der Waals surface area contributed by atoms with Gasteiger partial charge in [-0.1, -0.05) is 18.2 Å². The van der Waals surface area contributed by atoms with E-state index in [2.05, 4.69) is 27.2 Å². The van der Waals surface area contributed by atoms with Gasteiger partial charge in [-0.2, -0.15) is 4.98 Å². The molecule has 1 aliphatic heterocycles. The quantitative estimate of drug-likeness (QED) is 0.655. The highest BCUT2D eigenvalue weighted by atomic mass is 16.5. The summed E-state index contributed by atoms with van der Waals surface area (Å²) in [5.74, 6) is 2.31. The number of nitrogens with one attached hydrogen (secondary N) is 1. The molecule has 2 aliphatic rings. The van der Waals surface area contributed by atoms with Crippen molar-refractivity contribution in [3.05, 3.63) is 65.9 Å². The number of nitrogens with zero attached hydrogens (tertiary/aromatic N) is 4. The molecule has 2 aromatic carbocycles. The monoisotopic (exact) mass is 429 g/mol. The van der Waals surface area contributed by atoms with Crippen LogP contribution in [0.1, 0.15) is 28.9 Å². The molecule has 0 saturated carbocycles. The van der Waals surface area contributed by atoms with Crippen LogP contribution in [0.3, 0.4) is 0 Å². The minimum atomic E-state index is 0.126. The molecule has 5 rings (SSSR count). The Balaban J connectivity index is 1.38. The van der Waals surface area contributed by atoms with E-state index in [0.29, 0.717) is 23.8 Å². The number of aryl methyl sites for hydroxylation is 1. The lowest BCUT2D eigenvalue weighted by Crippen LogP contribution is -2.47. The smallest absolute Gasteiger partial charge is 0.227 e. The molecule has 32 heavy (non-hydrogen) atoms. The van der Waals surface area contributed by atoms with E-state index in [4.69, 9.17) is 14.7 Å². The zero-order valence-corrected chi connectivity index (χ0v) is 18.3. The van der Waals surface area contributed by atoms with Gasteiger partial charge in [-0.3, -0.25) is 4.79 Å². The topological polar surface area (TPSA) is 70.6 Å². The van der Waals surface area contributed by atoms with Crippen LogP contribution in [0.15, 0.2) is 54.6 Å². The van der Waals surface area contributed by atoms with Crippen molar-refractivity contribution < 1.29 is 9.53 Å². The van der Waals surface area contributed by atoms with Crippen molar-refractivity contribution in [2.45, 2.75) is 19.3 Å². The van der Waals surface area contributed by atoms with Crippen molar-refractivity contribution in [1.29, 1.82) is 0 Å². The van der Waals surface area contributed by atoms with Crippen molar-refractivity contribution in [1.82, 2.24) is 9.97 Å². The third-order valence-electron chi connectivity index (χ3n) is 6.11. The zero-order chi connectivity index (χ0) is 21.9. The summed E-state index contributed by atoms with van der Waals surface area (Å²) in [5, 5.41) is 3.37. The van der Waals surface area contributed by atoms with Gasteiger partial charge in [-0.15, -0.1) is 0 Å². The summed E-state index contributed by atoms with van der Waals surface area (Å²) < 4.78 is 5.26. The fraction of sp³-hybridized carbons (Fsp3) is 0.320. The second-order valence-electron chi connectivity index (χ2n) is 8.13. The highest BCUT2D eigenvalue weighted by Crippen LogP contribution is 2.30. The Labute approximate surface area is 188 Å². The lowest BCUT2D eigenvalue weighted by molar-refractivity contribution is 0.0972. The molecule has 164 valence electrons. The van der Waals surface area contributed by atoms with Crippen LogP contribution in [0.25, 0.3) is 0 Å². The molecule has 0 atom stereocenters. The summed E-state index contributed by atoms with van der Waals surface area (Å²) in [6, 6.07) is 18.0. The number of anilines is 4. The average Bonchev–Trinajstić information content (AvgIpc) is 2.85. The van der Waals surface area contributed by atoms with E-state index < -0.39 is 0 Å². The first kappa shape index (κ1) is 20.3. The summed E-state index contributed by atoms with van der Waals surface area (Å²) in [6.45, 7) is 3.41. The maximum atomic E-state index is 12.7. The number of carbonyl (C=O) groups excluding carboxylic acids is 1. The molecule has 1 aliphatic carbocycles. The van der Waals surface area contributed by atoms with E-state index in [-0.39, 0.29) is 5.78 Å². The Hall–Kier alpha value is -3.61. The number of methoxy groups -OCH3 is 1. The highest BCUT2D eigenvalue weighted by Gasteiger charge is 2.27. The molecule has 0 unspecified atom stereocenters. The summed E-state index contributed by atoms with van der Waals surface area (Å²) in [5.41, 5.74) is 3.62. The fourth-order valence-electron chi connectivity index (χ4n) is 4.36. The summed E-state index contributed by atoms with van der Waals surface area (Å²) in [6.07, 6.45) is 2.21. The number of para-hydroxylation sites is 1. The number of Topliss-reactive ketones (excluding diaryl/α,β-unsaturated/α-hetero) is 1. The van der Waals surface area contributed by atoms with E-state index in [9.17, 15) is 4.79 Å². The van der Waals surface area contributed by atoms with Crippen LogP contribution in [-0.4, -0.2) is 49.0 Å². The number of benzene rings is 2. The molecular weight excluding hydrogens is 402 g/mol. The number of aromatic nitrogens is 2. The van der Waals surface area contributed by atoms with Gasteiger partial charge in [0, 0.05) is 44.0 Å². The van der Waals surface area contributed by atoms with Crippen molar-refractivity contribution in [3.63, 3.8) is 0 Å². The summed E-state index contributed by atoms with van der Waals surface area (Å²) >= 11 is 0. The third kappa shape index (κ3) is 4.10. The number of ketones is 1. The van der Waals surface area contributed by atoms with Gasteiger partial charge < -0.3 is 19.9 Å². The third-order valence-corrected chi connectivity index (χ3v) is 6.11. The molecule has 2 heterocycles. The molecule has 1 fully saturated rings. The maximum absolute atomic E-state index is 12.7. The van der Waals surface area contributed by atoms with Crippen LogP contribution in [-0.2, 0) is 6.42 Å². The minimum absolute atomic E-state index is 0.126. The Kier molecular flexibility index (Phi) is 5.62. The number of hydrogen-bond acceptors (Lipinski definition) is 7. The number of fused-ring (bicyclic) bond motifs is 1. The number of rotatable bonds is 5. The van der Waals surface area contributed by atoms with Crippen molar-refractivity contribution >= 4 is 28.9 Å². The summed E-state index contributed by atoms with van der Waals surface area (Å²) in [4.78, 5) is 26.9. The second-order valence-corrected chi connectivity index (χ2v) is 8.13. The zero-order valence-electron chi connectivity index (χ0n) is 18.3. The van der Waals surface area contributed by atoms with Gasteiger partial charge in [0.1, 0.15) is 11.6 Å². The van der Waals surface area contributed by atoms with Crippen LogP contribution in [0.4, 0.5) is 23.1 Å². The molecule has 1 N–H and O–H groups in total. The predicted molar refractivity (Wildman–Crippen MR) is 126 cm³/mol. The van der Waals surface area contributed by atoms with Gasteiger partial charge in [0.2, 0.25) is 5.95 Å². The van der Waals surface area contributed by atoms with E-state index in [0.717, 1.165) is 56.2 Å². The van der Waals surface area contributed by atoms with E-state index in [1.807, 2.05) is 42.5 Å². The molecule has 0 amide bonds. The number of ether oxygens (including phenoxy) is 1. The molecule has 1 saturated heterocycles. The Morgan fingerprint density at radius 1 is 0.875 bits per heavy atom. The Bertz CT molecular complexity index is 1090. The average molecular weight is 430 g/mol. The largest absolute Gasteiger partial charge is 0.497 e. The first-order valence-corrected chi connectivity index (χ1v) is 11.1. The lowest BCUT2D eigenvalue weighted by atomic mass is 9.95. The van der Waals surface area contributed by atoms with Crippen molar-refractivity contribution in [2.75, 3.05) is 48.4 Å². The standard InChI is InChI=1S/C25H27N5O2/c1-32-20-12-10-19(11-13-20)29-14-16-30(17-15-29)25-27-21-8-5-9-22(31)23(21)24(28-25)26-18-6-3-2-4-7-18/h2-4,6-7,10-13H,5,8-9,14-17H2,1H3,(H,26,27,28). The predicted octanol–water partition coefficient (Wildman–Crippen LogP) is 4.07. The number of carbonyl (C=O) groups is 1. The van der Waals surface area contributed by atoms with Gasteiger partial charge >= 0.3 is 0 Å². The number of hydrogen-bond donors (Lipinski definition) is 1. The fourth-order valence-corrected chi connectivity index (χ4v) is 4.36. The van der Waals surface area contributed by atoms with E-state index >= 15 is 0 Å². The maximum Gasteiger partial charge on any atom is 0.227 e. The van der Waals surface area contributed by atoms with Crippen LogP contribution < -0.4 is 19.9 Å². The van der Waals surface area contributed by atoms with Gasteiger partial charge in [-0.25, -0.2) is 4.98 Å². The Morgan fingerprint density at radius 2 is 1.59 bits per heavy atom. The molecule has 7 nitrogen and oxygen atoms in total. The van der Waals surface area contributed by atoms with Gasteiger partial charge in [0.25, 0.3) is 0 Å². The van der Waals surface area contributed by atoms with Crippen LogP contribution >= 0.6 is 0 Å². The minimum Gasteiger partial charge on any atom is -0.497 e. The van der Waals surface area contributed by atoms with Crippen LogP contribution in [0.2, 0.25) is 0 Å². The molecular formula is C25H27N5O2. The number of piperazine rings is 1. The van der Waals surface area contributed by atoms with Crippen molar-refractivity contribution in [2.24, 2.45) is 0 Å². The molecule has 0 bridgehead atoms. The molecule has 0 spiro atoms. The normalized spacial score (nSPS) is 16.0. The molecule has 1 aromatic heterocycles. The first-order valence-electron chi connectivity index (χ1n) is 11.1. The molecule has 0 radical (unpaired) electrons. The highest BCUT2D eigenvalue weighted by molar-refractivity contribution is 6.03. The van der Waals surface area contributed by atoms with Crippen molar-refractivity contribution in [3.8, 4) is 5.75 Å². The van der Waals surface area contributed by atoms with Gasteiger partial charge in [0.15, 0.2) is 5.78 Å². The van der Waals surface area contributed by atoms with Crippen LogP contribution in [0, 0.1) is 0 Å².